The van der Waals surface area contributed by atoms with Crippen molar-refractivity contribution in [1.82, 2.24) is 4.98 Å². The van der Waals surface area contributed by atoms with Gasteiger partial charge in [-0.15, -0.1) is 0 Å². The van der Waals surface area contributed by atoms with Gasteiger partial charge >= 0.3 is 0 Å². The van der Waals surface area contributed by atoms with Crippen LogP contribution in [0.1, 0.15) is 42.5 Å². The fourth-order valence-corrected chi connectivity index (χ4v) is 3.64. The molecule has 2 saturated carbocycles. The first-order valence-corrected chi connectivity index (χ1v) is 9.10. The average Bonchev–Trinajstić information content (AvgIpc) is 3.49. The molecule has 4 heteroatoms. The van der Waals surface area contributed by atoms with Crippen LogP contribution in [0, 0.1) is 18.8 Å². The van der Waals surface area contributed by atoms with Gasteiger partial charge in [-0.05, 0) is 73.8 Å². The fraction of sp³-hybridized carbons (Fsp3) is 0.429. The number of anilines is 1. The first-order valence-electron chi connectivity index (χ1n) is 9.10. The summed E-state index contributed by atoms with van der Waals surface area (Å²) >= 11 is 0. The third kappa shape index (κ3) is 3.45. The van der Waals surface area contributed by atoms with E-state index in [9.17, 15) is 9.90 Å². The second kappa shape index (κ2) is 6.26. The molecule has 2 aliphatic rings. The van der Waals surface area contributed by atoms with Crippen molar-refractivity contribution in [2.75, 3.05) is 5.32 Å². The normalized spacial score (nSPS) is 17.4. The number of rotatable bonds is 6. The van der Waals surface area contributed by atoms with Gasteiger partial charge in [0, 0.05) is 17.6 Å². The summed E-state index contributed by atoms with van der Waals surface area (Å²) in [5.74, 6) is 0.741. The van der Waals surface area contributed by atoms with E-state index in [1.54, 1.807) is 6.20 Å². The molecule has 1 aromatic heterocycles. The molecule has 2 fully saturated rings. The van der Waals surface area contributed by atoms with Crippen LogP contribution >= 0.6 is 0 Å². The van der Waals surface area contributed by atoms with E-state index in [4.69, 9.17) is 0 Å². The Morgan fingerprint density at radius 3 is 2.28 bits per heavy atom. The van der Waals surface area contributed by atoms with Crippen molar-refractivity contribution in [3.8, 4) is 0 Å². The number of carbonyl (C=O) groups excluding carboxylic acids is 1. The Morgan fingerprint density at radius 2 is 1.76 bits per heavy atom. The van der Waals surface area contributed by atoms with Crippen LogP contribution in [-0.4, -0.2) is 16.0 Å². The molecule has 1 aromatic carbocycles. The molecule has 0 radical (unpaired) electrons. The molecule has 0 unspecified atom stereocenters. The lowest BCUT2D eigenvalue weighted by molar-refractivity contribution is -0.115. The summed E-state index contributed by atoms with van der Waals surface area (Å²) in [6.45, 7) is 1.98. The maximum absolute atomic E-state index is 12.2. The van der Waals surface area contributed by atoms with E-state index in [0.717, 1.165) is 48.2 Å². The Hall–Kier alpha value is -2.20. The van der Waals surface area contributed by atoms with Crippen LogP contribution in [0.25, 0.3) is 0 Å². The van der Waals surface area contributed by atoms with Gasteiger partial charge in [0.05, 0.1) is 12.0 Å². The number of hydrogen-bond donors (Lipinski definition) is 2. The van der Waals surface area contributed by atoms with Gasteiger partial charge in [0.25, 0.3) is 0 Å². The third-order valence-corrected chi connectivity index (χ3v) is 5.34. The zero-order valence-corrected chi connectivity index (χ0v) is 14.5. The second-order valence-electron chi connectivity index (χ2n) is 7.50. The Kier molecular flexibility index (Phi) is 4.08. The van der Waals surface area contributed by atoms with Crippen LogP contribution in [0.3, 0.4) is 0 Å². The van der Waals surface area contributed by atoms with Gasteiger partial charge in [-0.25, -0.2) is 0 Å². The quantitative estimate of drug-likeness (QED) is 0.847. The van der Waals surface area contributed by atoms with E-state index in [-0.39, 0.29) is 12.3 Å². The number of aromatic nitrogens is 1. The minimum atomic E-state index is -0.658. The monoisotopic (exact) mass is 336 g/mol. The summed E-state index contributed by atoms with van der Waals surface area (Å²) in [5, 5.41) is 14.1. The Labute approximate surface area is 148 Å². The third-order valence-electron chi connectivity index (χ3n) is 5.34. The molecule has 2 aliphatic carbocycles. The van der Waals surface area contributed by atoms with Crippen molar-refractivity contribution in [3.63, 3.8) is 0 Å². The van der Waals surface area contributed by atoms with Crippen molar-refractivity contribution >= 4 is 11.6 Å². The summed E-state index contributed by atoms with van der Waals surface area (Å²) in [4.78, 5) is 16.4. The van der Waals surface area contributed by atoms with Crippen LogP contribution in [-0.2, 0) is 16.8 Å². The first kappa shape index (κ1) is 16.3. The van der Waals surface area contributed by atoms with E-state index in [1.807, 2.05) is 43.3 Å². The molecular formula is C21H24N2O2. The lowest BCUT2D eigenvalue weighted by atomic mass is 9.84. The fourth-order valence-electron chi connectivity index (χ4n) is 3.64. The number of carbonyl (C=O) groups is 1. The highest BCUT2D eigenvalue weighted by molar-refractivity contribution is 5.92. The lowest BCUT2D eigenvalue weighted by Gasteiger charge is -2.29. The molecule has 4 rings (SSSR count). The zero-order valence-electron chi connectivity index (χ0n) is 14.5. The summed E-state index contributed by atoms with van der Waals surface area (Å²) in [7, 11) is 0. The molecule has 2 aromatic rings. The maximum atomic E-state index is 12.2. The Morgan fingerprint density at radius 1 is 1.12 bits per heavy atom. The predicted octanol–water partition coefficient (Wildman–Crippen LogP) is 3.58. The summed E-state index contributed by atoms with van der Waals surface area (Å²) < 4.78 is 0. The highest BCUT2D eigenvalue weighted by Crippen LogP contribution is 2.57. The van der Waals surface area contributed by atoms with Gasteiger partial charge in [0.1, 0.15) is 0 Å². The Bertz CT molecular complexity index is 747. The Balaban J connectivity index is 1.41. The van der Waals surface area contributed by atoms with Crippen molar-refractivity contribution < 1.29 is 9.90 Å². The molecular weight excluding hydrogens is 312 g/mol. The van der Waals surface area contributed by atoms with E-state index in [0.29, 0.717) is 11.8 Å². The van der Waals surface area contributed by atoms with E-state index >= 15 is 0 Å². The van der Waals surface area contributed by atoms with Gasteiger partial charge in [0.2, 0.25) is 5.91 Å². The number of hydrogen-bond acceptors (Lipinski definition) is 3. The molecule has 0 aliphatic heterocycles. The van der Waals surface area contributed by atoms with Gasteiger partial charge in [-0.1, -0.05) is 18.2 Å². The zero-order chi connectivity index (χ0) is 17.4. The van der Waals surface area contributed by atoms with Crippen LogP contribution in [0.15, 0.2) is 42.6 Å². The number of benzene rings is 1. The average molecular weight is 336 g/mol. The van der Waals surface area contributed by atoms with Crippen LogP contribution < -0.4 is 5.32 Å². The van der Waals surface area contributed by atoms with Crippen molar-refractivity contribution in [2.45, 2.75) is 44.6 Å². The molecule has 1 heterocycles. The molecule has 0 bridgehead atoms. The summed E-state index contributed by atoms with van der Waals surface area (Å²) in [6, 6.07) is 11.6. The number of nitrogens with zero attached hydrogens (tertiary/aromatic N) is 1. The maximum Gasteiger partial charge on any atom is 0.230 e. The number of aliphatic hydroxyl groups is 1. The van der Waals surface area contributed by atoms with Crippen LogP contribution in [0.5, 0.6) is 0 Å². The molecule has 4 nitrogen and oxygen atoms in total. The minimum Gasteiger partial charge on any atom is -0.385 e. The summed E-state index contributed by atoms with van der Waals surface area (Å²) in [5.41, 5.74) is 2.94. The molecule has 2 N–H and O–H groups in total. The predicted molar refractivity (Wildman–Crippen MR) is 97.1 cm³/mol. The van der Waals surface area contributed by atoms with Crippen LogP contribution in [0.4, 0.5) is 5.69 Å². The number of aryl methyl sites for hydroxylation is 1. The SMILES string of the molecule is Cc1ccc(CC(=O)Nc2ccc(C(O)(C3CC3)C3CC3)cc2)nc1. The largest absolute Gasteiger partial charge is 0.385 e. The topological polar surface area (TPSA) is 62.2 Å². The van der Waals surface area contributed by atoms with Gasteiger partial charge in [-0.3, -0.25) is 9.78 Å². The lowest BCUT2D eigenvalue weighted by Crippen LogP contribution is -2.31. The van der Waals surface area contributed by atoms with Gasteiger partial charge in [-0.2, -0.15) is 0 Å². The van der Waals surface area contributed by atoms with Crippen LogP contribution in [0.2, 0.25) is 0 Å². The standard InChI is InChI=1S/C21H24N2O2/c1-14-2-9-19(22-13-14)12-20(24)23-18-10-7-17(8-11-18)21(25,15-3-4-15)16-5-6-16/h2,7-11,13,15-16,25H,3-6,12H2,1H3,(H,23,24). The van der Waals surface area contributed by atoms with E-state index in [2.05, 4.69) is 10.3 Å². The highest BCUT2D eigenvalue weighted by atomic mass is 16.3. The van der Waals surface area contributed by atoms with Crippen molar-refractivity contribution in [1.29, 1.82) is 0 Å². The molecule has 1 amide bonds. The molecule has 0 spiro atoms. The van der Waals surface area contributed by atoms with Gasteiger partial charge < -0.3 is 10.4 Å². The molecule has 130 valence electrons. The second-order valence-corrected chi connectivity index (χ2v) is 7.50. The molecule has 25 heavy (non-hydrogen) atoms. The number of pyridine rings is 1. The number of amides is 1. The molecule has 0 atom stereocenters. The molecule has 0 saturated heterocycles. The van der Waals surface area contributed by atoms with Crippen molar-refractivity contribution in [2.24, 2.45) is 11.8 Å². The van der Waals surface area contributed by atoms with Crippen molar-refractivity contribution in [3.05, 3.63) is 59.4 Å². The van der Waals surface area contributed by atoms with E-state index in [1.165, 1.54) is 0 Å². The minimum absolute atomic E-state index is 0.0799. The number of nitrogens with one attached hydrogen (secondary N) is 1. The highest BCUT2D eigenvalue weighted by Gasteiger charge is 2.54. The van der Waals surface area contributed by atoms with E-state index < -0.39 is 5.60 Å². The summed E-state index contributed by atoms with van der Waals surface area (Å²) in [6.07, 6.45) is 6.51. The smallest absolute Gasteiger partial charge is 0.230 e. The van der Waals surface area contributed by atoms with Gasteiger partial charge in [0.15, 0.2) is 0 Å². The first-order chi connectivity index (χ1) is 12.1.